The monoisotopic (exact) mass is 480 g/mol. The van der Waals surface area contributed by atoms with Gasteiger partial charge < -0.3 is 19.9 Å². The van der Waals surface area contributed by atoms with Gasteiger partial charge in [-0.3, -0.25) is 0 Å². The maximum Gasteiger partial charge on any atom is 0.341 e. The van der Waals surface area contributed by atoms with Crippen LogP contribution in [0, 0.1) is 11.3 Å². The van der Waals surface area contributed by atoms with Crippen molar-refractivity contribution < 1.29 is 14.3 Å². The summed E-state index contributed by atoms with van der Waals surface area (Å²) >= 11 is 0. The minimum atomic E-state index is -1.64. The Morgan fingerprint density at radius 2 is 2.00 bits per heavy atom. The van der Waals surface area contributed by atoms with Crippen molar-refractivity contribution in [2.45, 2.75) is 19.0 Å². The molecule has 180 valence electrons. The Morgan fingerprint density at radius 3 is 2.67 bits per heavy atom. The molecule has 0 aliphatic heterocycles. The van der Waals surface area contributed by atoms with Gasteiger partial charge in [0.05, 0.1) is 35.8 Å². The number of fused-ring (bicyclic) bond motifs is 1. The van der Waals surface area contributed by atoms with Crippen molar-refractivity contribution >= 4 is 34.4 Å². The van der Waals surface area contributed by atoms with E-state index in [2.05, 4.69) is 21.7 Å². The number of aromatic nitrogens is 3. The molecule has 0 bridgehead atoms. The lowest BCUT2D eigenvalue weighted by atomic mass is 9.89. The number of ether oxygens (including phenoxy) is 1. The number of hydrogen-bond acceptors (Lipinski definition) is 8. The highest BCUT2D eigenvalue weighted by atomic mass is 16.5. The van der Waals surface area contributed by atoms with Crippen LogP contribution >= 0.6 is 0 Å². The normalized spacial score (nSPS) is 12.1. The van der Waals surface area contributed by atoms with Crippen molar-refractivity contribution in [3.8, 4) is 6.07 Å². The molecule has 2 aromatic carbocycles. The SMILES string of the molecule is CCOC(=O)C(C=C=O)(Nc1ccccn1)c1ccc2c(c1)nc(CNc1ccc(C#N)cc1)n2C. The molecular formula is C27H24N6O3. The highest BCUT2D eigenvalue weighted by Gasteiger charge is 2.41. The van der Waals surface area contributed by atoms with E-state index in [0.29, 0.717) is 29.0 Å². The van der Waals surface area contributed by atoms with Crippen LogP contribution in [0.4, 0.5) is 11.5 Å². The third kappa shape index (κ3) is 4.80. The summed E-state index contributed by atoms with van der Waals surface area (Å²) in [5.41, 5.74) is 1.76. The van der Waals surface area contributed by atoms with Gasteiger partial charge in [-0.25, -0.2) is 19.6 Å². The molecule has 9 nitrogen and oxygen atoms in total. The quantitative estimate of drug-likeness (QED) is 0.275. The Bertz CT molecular complexity index is 1470. The van der Waals surface area contributed by atoms with Gasteiger partial charge in [0, 0.05) is 25.0 Å². The van der Waals surface area contributed by atoms with Crippen molar-refractivity contribution in [2.24, 2.45) is 7.05 Å². The first-order valence-corrected chi connectivity index (χ1v) is 11.3. The predicted molar refractivity (Wildman–Crippen MR) is 136 cm³/mol. The molecule has 0 radical (unpaired) electrons. The molecule has 0 saturated carbocycles. The summed E-state index contributed by atoms with van der Waals surface area (Å²) in [6.07, 6.45) is 2.69. The number of imidazole rings is 1. The number of aryl methyl sites for hydroxylation is 1. The van der Waals surface area contributed by atoms with E-state index in [0.717, 1.165) is 23.1 Å². The number of esters is 1. The fourth-order valence-electron chi connectivity index (χ4n) is 3.89. The van der Waals surface area contributed by atoms with Crippen LogP contribution < -0.4 is 10.6 Å². The molecule has 0 aliphatic carbocycles. The summed E-state index contributed by atoms with van der Waals surface area (Å²) in [6.45, 7) is 2.27. The minimum absolute atomic E-state index is 0.133. The maximum absolute atomic E-state index is 13.2. The standard InChI is InChI=1S/C27H24N6O3/c1-3-36-26(35)27(13-15-34,32-24-6-4-5-14-29-24)20-9-12-23-22(16-20)31-25(33(23)2)18-30-21-10-7-19(17-28)8-11-21/h4-14,16,30H,3,18H2,1-2H3,(H,29,32). The van der Waals surface area contributed by atoms with Gasteiger partial charge >= 0.3 is 5.97 Å². The van der Waals surface area contributed by atoms with E-state index in [4.69, 9.17) is 15.0 Å². The molecule has 1 atom stereocenters. The number of nitrogens with one attached hydrogen (secondary N) is 2. The average molecular weight is 481 g/mol. The summed E-state index contributed by atoms with van der Waals surface area (Å²) in [6, 6.07) is 19.8. The van der Waals surface area contributed by atoms with Gasteiger partial charge in [0.25, 0.3) is 0 Å². The van der Waals surface area contributed by atoms with Crippen molar-refractivity contribution in [1.82, 2.24) is 14.5 Å². The Kier molecular flexibility index (Phi) is 7.10. The Morgan fingerprint density at radius 1 is 1.19 bits per heavy atom. The van der Waals surface area contributed by atoms with Crippen LogP contribution in [0.3, 0.4) is 0 Å². The number of rotatable bonds is 9. The van der Waals surface area contributed by atoms with Gasteiger partial charge in [-0.15, -0.1) is 0 Å². The molecule has 1 unspecified atom stereocenters. The summed E-state index contributed by atoms with van der Waals surface area (Å²) in [5.74, 6) is 2.26. The van der Waals surface area contributed by atoms with Crippen LogP contribution in [-0.4, -0.2) is 33.1 Å². The topological polar surface area (TPSA) is 122 Å². The van der Waals surface area contributed by atoms with Gasteiger partial charge in [0.2, 0.25) is 0 Å². The third-order valence-electron chi connectivity index (χ3n) is 5.76. The number of hydrogen-bond donors (Lipinski definition) is 2. The number of benzene rings is 2. The summed E-state index contributed by atoms with van der Waals surface area (Å²) in [5, 5.41) is 15.3. The Labute approximate surface area is 208 Å². The molecule has 2 heterocycles. The van der Waals surface area contributed by atoms with Crippen LogP contribution in [0.5, 0.6) is 0 Å². The number of carbonyl (C=O) groups is 1. The molecule has 2 N–H and O–H groups in total. The number of nitrogens with zero attached hydrogens (tertiary/aromatic N) is 4. The van der Waals surface area contributed by atoms with E-state index >= 15 is 0 Å². The summed E-state index contributed by atoms with van der Waals surface area (Å²) in [4.78, 5) is 33.8. The fraction of sp³-hybridized carbons (Fsp3) is 0.185. The second-order valence-electron chi connectivity index (χ2n) is 7.96. The first kappa shape index (κ1) is 24.2. The molecule has 4 rings (SSSR count). The molecule has 0 aliphatic rings. The molecule has 0 saturated heterocycles. The molecule has 4 aromatic rings. The molecule has 0 amide bonds. The summed E-state index contributed by atoms with van der Waals surface area (Å²) < 4.78 is 7.28. The van der Waals surface area contributed by atoms with Crippen LogP contribution in [0.2, 0.25) is 0 Å². The lowest BCUT2D eigenvalue weighted by molar-refractivity contribution is -0.147. The predicted octanol–water partition coefficient (Wildman–Crippen LogP) is 3.71. The number of nitriles is 1. The number of carbonyl (C=O) groups excluding carboxylic acids is 2. The third-order valence-corrected chi connectivity index (χ3v) is 5.76. The van der Waals surface area contributed by atoms with Crippen molar-refractivity contribution in [1.29, 1.82) is 5.26 Å². The molecular weight excluding hydrogens is 456 g/mol. The molecule has 0 spiro atoms. The second-order valence-corrected chi connectivity index (χ2v) is 7.96. The first-order chi connectivity index (χ1) is 17.5. The summed E-state index contributed by atoms with van der Waals surface area (Å²) in [7, 11) is 1.90. The zero-order chi connectivity index (χ0) is 25.5. The van der Waals surface area contributed by atoms with Crippen molar-refractivity contribution in [3.05, 3.63) is 89.9 Å². The first-order valence-electron chi connectivity index (χ1n) is 11.3. The van der Waals surface area contributed by atoms with Crippen LogP contribution in [-0.2, 0) is 33.5 Å². The van der Waals surface area contributed by atoms with E-state index in [1.807, 2.05) is 29.8 Å². The molecule has 0 fully saturated rings. The zero-order valence-corrected chi connectivity index (χ0v) is 19.9. The fourth-order valence-corrected chi connectivity index (χ4v) is 3.89. The van der Waals surface area contributed by atoms with Crippen LogP contribution in [0.1, 0.15) is 23.9 Å². The lowest BCUT2D eigenvalue weighted by Gasteiger charge is -2.29. The smallest absolute Gasteiger partial charge is 0.341 e. The Balaban J connectivity index is 1.71. The average Bonchev–Trinajstić information content (AvgIpc) is 3.22. The lowest BCUT2D eigenvalue weighted by Crippen LogP contribution is -2.43. The molecule has 36 heavy (non-hydrogen) atoms. The van der Waals surface area contributed by atoms with Crippen molar-refractivity contribution in [2.75, 3.05) is 17.2 Å². The highest BCUT2D eigenvalue weighted by Crippen LogP contribution is 2.31. The number of pyridine rings is 1. The van der Waals surface area contributed by atoms with Crippen molar-refractivity contribution in [3.63, 3.8) is 0 Å². The van der Waals surface area contributed by atoms with Crippen LogP contribution in [0.25, 0.3) is 11.0 Å². The van der Waals surface area contributed by atoms with Gasteiger partial charge in [-0.2, -0.15) is 5.26 Å². The Hall–Kier alpha value is -4.93. The van der Waals surface area contributed by atoms with Gasteiger partial charge in [0.15, 0.2) is 5.54 Å². The van der Waals surface area contributed by atoms with Crippen LogP contribution in [0.15, 0.2) is 72.9 Å². The molecule has 9 heteroatoms. The maximum atomic E-state index is 13.2. The largest absolute Gasteiger partial charge is 0.464 e. The van der Waals surface area contributed by atoms with E-state index in [1.54, 1.807) is 61.5 Å². The zero-order valence-electron chi connectivity index (χ0n) is 19.9. The van der Waals surface area contributed by atoms with Gasteiger partial charge in [-0.05, 0) is 61.0 Å². The number of anilines is 2. The highest BCUT2D eigenvalue weighted by molar-refractivity contribution is 5.92. The van der Waals surface area contributed by atoms with Gasteiger partial charge in [-0.1, -0.05) is 12.1 Å². The minimum Gasteiger partial charge on any atom is -0.464 e. The molecule has 2 aromatic heterocycles. The van der Waals surface area contributed by atoms with E-state index in [1.165, 1.54) is 0 Å². The van der Waals surface area contributed by atoms with Gasteiger partial charge in [0.1, 0.15) is 17.6 Å². The van der Waals surface area contributed by atoms with E-state index in [-0.39, 0.29) is 6.61 Å². The van der Waals surface area contributed by atoms with E-state index in [9.17, 15) is 9.59 Å². The van der Waals surface area contributed by atoms with E-state index < -0.39 is 11.5 Å². The second kappa shape index (κ2) is 10.6.